The van der Waals surface area contributed by atoms with E-state index in [1.165, 1.54) is 0 Å². The van der Waals surface area contributed by atoms with E-state index >= 15 is 0 Å². The molecule has 0 saturated heterocycles. The lowest BCUT2D eigenvalue weighted by Gasteiger charge is -2.26. The largest absolute Gasteiger partial charge is 0.328 e. The standard InChI is InChI=1S/C21H25N3O2/c1-14-10-11-16(20(25)23-18-8-3-2-4-9-18)13-19(14)24-21(26)15-6-5-7-17(22)12-15/h2-4,8-11,13,15,17H,5-7,12,22H2,1H3,(H,23,25)(H,24,26). The fourth-order valence-corrected chi connectivity index (χ4v) is 3.32. The number of nitrogens with two attached hydrogens (primary N) is 1. The highest BCUT2D eigenvalue weighted by Crippen LogP contribution is 2.26. The molecule has 2 unspecified atom stereocenters. The minimum absolute atomic E-state index is 0.0103. The highest BCUT2D eigenvalue weighted by Gasteiger charge is 2.25. The van der Waals surface area contributed by atoms with Crippen LogP contribution in [0.1, 0.15) is 41.6 Å². The summed E-state index contributed by atoms with van der Waals surface area (Å²) in [4.78, 5) is 25.0. The van der Waals surface area contributed by atoms with Crippen LogP contribution in [0.2, 0.25) is 0 Å². The molecule has 26 heavy (non-hydrogen) atoms. The van der Waals surface area contributed by atoms with Gasteiger partial charge in [-0.25, -0.2) is 0 Å². The summed E-state index contributed by atoms with van der Waals surface area (Å²) < 4.78 is 0. The van der Waals surface area contributed by atoms with Gasteiger partial charge in [-0.2, -0.15) is 0 Å². The molecule has 1 saturated carbocycles. The van der Waals surface area contributed by atoms with E-state index in [4.69, 9.17) is 5.73 Å². The molecule has 3 rings (SSSR count). The molecule has 2 amide bonds. The number of aryl methyl sites for hydroxylation is 1. The van der Waals surface area contributed by atoms with Crippen LogP contribution in [0.25, 0.3) is 0 Å². The van der Waals surface area contributed by atoms with Crippen molar-refractivity contribution in [3.05, 3.63) is 59.7 Å². The summed E-state index contributed by atoms with van der Waals surface area (Å²) in [6, 6.07) is 14.7. The molecule has 136 valence electrons. The molecule has 0 heterocycles. The molecule has 5 heteroatoms. The van der Waals surface area contributed by atoms with Crippen molar-refractivity contribution < 1.29 is 9.59 Å². The van der Waals surface area contributed by atoms with Gasteiger partial charge in [0.25, 0.3) is 5.91 Å². The number of carbonyl (C=O) groups is 2. The summed E-state index contributed by atoms with van der Waals surface area (Å²) >= 11 is 0. The number of benzene rings is 2. The van der Waals surface area contributed by atoms with Gasteiger partial charge in [0.15, 0.2) is 0 Å². The molecule has 2 aromatic rings. The second-order valence-electron chi connectivity index (χ2n) is 6.96. The normalized spacial score (nSPS) is 19.6. The molecule has 1 fully saturated rings. The Morgan fingerprint density at radius 1 is 1.04 bits per heavy atom. The van der Waals surface area contributed by atoms with Crippen molar-refractivity contribution in [2.24, 2.45) is 11.7 Å². The molecule has 0 aromatic heterocycles. The Balaban J connectivity index is 1.71. The van der Waals surface area contributed by atoms with Gasteiger partial charge in [-0.05, 0) is 56.0 Å². The summed E-state index contributed by atoms with van der Waals surface area (Å²) in [6.45, 7) is 1.92. The van der Waals surface area contributed by atoms with Crippen molar-refractivity contribution >= 4 is 23.2 Å². The Morgan fingerprint density at radius 2 is 1.81 bits per heavy atom. The van der Waals surface area contributed by atoms with Crippen LogP contribution in [-0.2, 0) is 4.79 Å². The molecule has 1 aliphatic rings. The van der Waals surface area contributed by atoms with Gasteiger partial charge in [0.05, 0.1) is 0 Å². The van der Waals surface area contributed by atoms with E-state index in [0.717, 1.165) is 36.9 Å². The number of nitrogens with one attached hydrogen (secondary N) is 2. The van der Waals surface area contributed by atoms with Gasteiger partial charge in [-0.3, -0.25) is 9.59 Å². The third-order valence-electron chi connectivity index (χ3n) is 4.87. The van der Waals surface area contributed by atoms with E-state index in [0.29, 0.717) is 11.3 Å². The third kappa shape index (κ3) is 4.49. The fraction of sp³-hybridized carbons (Fsp3) is 0.333. The summed E-state index contributed by atoms with van der Waals surface area (Å²) in [7, 11) is 0. The van der Waals surface area contributed by atoms with Crippen molar-refractivity contribution in [3.63, 3.8) is 0 Å². The lowest BCUT2D eigenvalue weighted by molar-refractivity contribution is -0.120. The van der Waals surface area contributed by atoms with Crippen molar-refractivity contribution in [2.75, 3.05) is 10.6 Å². The summed E-state index contributed by atoms with van der Waals surface area (Å²) in [5, 5.41) is 5.84. The Hall–Kier alpha value is -2.66. The maximum Gasteiger partial charge on any atom is 0.255 e. The van der Waals surface area contributed by atoms with Crippen LogP contribution in [0, 0.1) is 12.8 Å². The number of hydrogen-bond donors (Lipinski definition) is 3. The quantitative estimate of drug-likeness (QED) is 0.785. The van der Waals surface area contributed by atoms with Crippen molar-refractivity contribution in [3.8, 4) is 0 Å². The number of carbonyl (C=O) groups excluding carboxylic acids is 2. The maximum atomic E-state index is 12.6. The van der Waals surface area contributed by atoms with Gasteiger partial charge in [0, 0.05) is 28.9 Å². The predicted molar refractivity (Wildman–Crippen MR) is 104 cm³/mol. The Kier molecular flexibility index (Phi) is 5.68. The molecule has 0 radical (unpaired) electrons. The number of amides is 2. The van der Waals surface area contributed by atoms with Crippen LogP contribution >= 0.6 is 0 Å². The van der Waals surface area contributed by atoms with Gasteiger partial charge in [-0.15, -0.1) is 0 Å². The summed E-state index contributed by atoms with van der Waals surface area (Å²) in [6.07, 6.45) is 3.56. The van der Waals surface area contributed by atoms with E-state index in [1.54, 1.807) is 12.1 Å². The highest BCUT2D eigenvalue weighted by molar-refractivity contribution is 6.05. The number of hydrogen-bond acceptors (Lipinski definition) is 3. The second-order valence-corrected chi connectivity index (χ2v) is 6.96. The molecular weight excluding hydrogens is 326 g/mol. The van der Waals surface area contributed by atoms with Crippen LogP contribution < -0.4 is 16.4 Å². The van der Waals surface area contributed by atoms with E-state index in [-0.39, 0.29) is 23.8 Å². The van der Waals surface area contributed by atoms with Crippen LogP contribution in [0.15, 0.2) is 48.5 Å². The summed E-state index contributed by atoms with van der Waals surface area (Å²) in [5.74, 6) is -0.268. The van der Waals surface area contributed by atoms with Crippen LogP contribution in [-0.4, -0.2) is 17.9 Å². The van der Waals surface area contributed by atoms with E-state index in [9.17, 15) is 9.59 Å². The lowest BCUT2D eigenvalue weighted by Crippen LogP contribution is -2.34. The molecule has 5 nitrogen and oxygen atoms in total. The van der Waals surface area contributed by atoms with Gasteiger partial charge < -0.3 is 16.4 Å². The topological polar surface area (TPSA) is 84.2 Å². The first-order chi connectivity index (χ1) is 12.5. The van der Waals surface area contributed by atoms with Crippen molar-refractivity contribution in [1.82, 2.24) is 0 Å². The van der Waals surface area contributed by atoms with Crippen molar-refractivity contribution in [2.45, 2.75) is 38.6 Å². The van der Waals surface area contributed by atoms with Gasteiger partial charge >= 0.3 is 0 Å². The number of rotatable bonds is 4. The number of anilines is 2. The molecule has 0 spiro atoms. The first-order valence-electron chi connectivity index (χ1n) is 9.06. The minimum atomic E-state index is -0.202. The minimum Gasteiger partial charge on any atom is -0.328 e. The second kappa shape index (κ2) is 8.15. The maximum absolute atomic E-state index is 12.6. The Labute approximate surface area is 154 Å². The first-order valence-corrected chi connectivity index (χ1v) is 9.06. The molecule has 2 aromatic carbocycles. The van der Waals surface area contributed by atoms with Crippen LogP contribution in [0.3, 0.4) is 0 Å². The zero-order chi connectivity index (χ0) is 18.5. The average molecular weight is 351 g/mol. The third-order valence-corrected chi connectivity index (χ3v) is 4.87. The van der Waals surface area contributed by atoms with E-state index in [1.807, 2.05) is 43.3 Å². The molecular formula is C21H25N3O2. The van der Waals surface area contributed by atoms with Gasteiger partial charge in [-0.1, -0.05) is 30.7 Å². The Bertz CT molecular complexity index is 789. The van der Waals surface area contributed by atoms with Crippen LogP contribution in [0.5, 0.6) is 0 Å². The number of para-hydroxylation sites is 1. The van der Waals surface area contributed by atoms with Gasteiger partial charge in [0.2, 0.25) is 5.91 Å². The zero-order valence-electron chi connectivity index (χ0n) is 15.0. The average Bonchev–Trinajstić information content (AvgIpc) is 2.64. The summed E-state index contributed by atoms with van der Waals surface area (Å²) in [5.41, 5.74) is 8.84. The highest BCUT2D eigenvalue weighted by atomic mass is 16.2. The van der Waals surface area contributed by atoms with E-state index < -0.39 is 0 Å². The smallest absolute Gasteiger partial charge is 0.255 e. The van der Waals surface area contributed by atoms with E-state index in [2.05, 4.69) is 10.6 Å². The molecule has 1 aliphatic carbocycles. The molecule has 0 bridgehead atoms. The van der Waals surface area contributed by atoms with Crippen LogP contribution in [0.4, 0.5) is 11.4 Å². The SMILES string of the molecule is Cc1ccc(C(=O)Nc2ccccc2)cc1NC(=O)C1CCCC(N)C1. The molecule has 0 aliphatic heterocycles. The lowest BCUT2D eigenvalue weighted by atomic mass is 9.85. The molecule has 2 atom stereocenters. The van der Waals surface area contributed by atoms with Gasteiger partial charge in [0.1, 0.15) is 0 Å². The monoisotopic (exact) mass is 351 g/mol. The predicted octanol–water partition coefficient (Wildman–Crippen LogP) is 3.70. The van der Waals surface area contributed by atoms with Crippen molar-refractivity contribution in [1.29, 1.82) is 0 Å². The zero-order valence-corrected chi connectivity index (χ0v) is 15.0. The Morgan fingerprint density at radius 3 is 2.54 bits per heavy atom. The fourth-order valence-electron chi connectivity index (χ4n) is 3.32. The molecule has 4 N–H and O–H groups in total. The first kappa shape index (κ1) is 18.1.